The fourth-order valence-electron chi connectivity index (χ4n) is 3.79. The Labute approximate surface area is 145 Å². The number of nitrogens with one attached hydrogen (secondary N) is 1. The zero-order valence-electron chi connectivity index (χ0n) is 15.3. The third kappa shape index (κ3) is 4.59. The highest BCUT2D eigenvalue weighted by molar-refractivity contribution is 5.81. The Kier molecular flexibility index (Phi) is 5.28. The molecule has 0 aromatic carbocycles. The molecular weight excluding hydrogens is 302 g/mol. The number of imidazole rings is 1. The average molecular weight is 333 g/mol. The van der Waals surface area contributed by atoms with E-state index in [1.165, 1.54) is 32.1 Å². The molecule has 2 aliphatic rings. The number of carbonyl (C=O) groups excluding carboxylic acids is 1. The first-order valence-corrected chi connectivity index (χ1v) is 9.35. The third-order valence-corrected chi connectivity index (χ3v) is 5.59. The Bertz CT molecular complexity index is 557. The Morgan fingerprint density at radius 2 is 2.12 bits per heavy atom. The molecule has 0 bridgehead atoms. The maximum Gasteiger partial charge on any atom is 0.249 e. The molecular formula is C19H31N3O2. The van der Waals surface area contributed by atoms with Gasteiger partial charge in [-0.1, -0.05) is 13.8 Å². The van der Waals surface area contributed by atoms with E-state index >= 15 is 0 Å². The summed E-state index contributed by atoms with van der Waals surface area (Å²) >= 11 is 0. The molecule has 0 unspecified atom stereocenters. The number of aromatic nitrogens is 2. The van der Waals surface area contributed by atoms with Crippen LogP contribution in [-0.4, -0.2) is 34.2 Å². The van der Waals surface area contributed by atoms with E-state index in [9.17, 15) is 4.79 Å². The molecule has 2 heterocycles. The minimum absolute atomic E-state index is 0.0209. The molecule has 5 heteroatoms. The zero-order valence-corrected chi connectivity index (χ0v) is 15.3. The van der Waals surface area contributed by atoms with Crippen molar-refractivity contribution >= 4 is 5.91 Å². The normalized spacial score (nSPS) is 27.9. The number of hydrogen-bond donors (Lipinski definition) is 1. The van der Waals surface area contributed by atoms with Gasteiger partial charge in [-0.25, -0.2) is 4.98 Å². The van der Waals surface area contributed by atoms with Crippen molar-refractivity contribution in [2.45, 2.75) is 78.0 Å². The molecule has 1 saturated carbocycles. The highest BCUT2D eigenvalue weighted by atomic mass is 16.5. The van der Waals surface area contributed by atoms with Gasteiger partial charge in [-0.05, 0) is 50.4 Å². The van der Waals surface area contributed by atoms with Crippen molar-refractivity contribution in [2.75, 3.05) is 6.54 Å². The largest absolute Gasteiger partial charge is 0.363 e. The van der Waals surface area contributed by atoms with E-state index < -0.39 is 6.10 Å². The Balaban J connectivity index is 1.46. The molecule has 1 N–H and O–H groups in total. The maximum atomic E-state index is 11.9. The molecule has 1 aromatic rings. The van der Waals surface area contributed by atoms with Gasteiger partial charge in [0.1, 0.15) is 6.10 Å². The van der Waals surface area contributed by atoms with E-state index in [1.54, 1.807) is 0 Å². The number of morpholine rings is 1. The lowest BCUT2D eigenvalue weighted by molar-refractivity contribution is -0.143. The van der Waals surface area contributed by atoms with Gasteiger partial charge in [0, 0.05) is 25.7 Å². The maximum absolute atomic E-state index is 11.9. The number of ether oxygens (including phenoxy) is 1. The highest BCUT2D eigenvalue weighted by Crippen LogP contribution is 2.39. The number of amides is 1. The number of rotatable bonds is 5. The second kappa shape index (κ2) is 7.26. The van der Waals surface area contributed by atoms with Crippen LogP contribution >= 0.6 is 0 Å². The van der Waals surface area contributed by atoms with Gasteiger partial charge < -0.3 is 14.6 Å². The molecule has 2 atom stereocenters. The number of hydrogen-bond acceptors (Lipinski definition) is 3. The molecule has 5 nitrogen and oxygen atoms in total. The molecule has 1 aliphatic carbocycles. The molecule has 0 spiro atoms. The average Bonchev–Trinajstić information content (AvgIpc) is 2.97. The quantitative estimate of drug-likeness (QED) is 0.901. The third-order valence-electron chi connectivity index (χ3n) is 5.59. The van der Waals surface area contributed by atoms with Gasteiger partial charge in [0.25, 0.3) is 0 Å². The monoisotopic (exact) mass is 333 g/mol. The molecule has 1 aliphatic heterocycles. The predicted octanol–water partition coefficient (Wildman–Crippen LogP) is 2.94. The van der Waals surface area contributed by atoms with E-state index in [-0.39, 0.29) is 12.0 Å². The minimum Gasteiger partial charge on any atom is -0.363 e. The Hall–Kier alpha value is -1.36. The molecule has 134 valence electrons. The lowest BCUT2D eigenvalue weighted by Crippen LogP contribution is -2.49. The van der Waals surface area contributed by atoms with Crippen LogP contribution in [0.5, 0.6) is 0 Å². The summed E-state index contributed by atoms with van der Waals surface area (Å²) in [5, 5.41) is 2.89. The van der Waals surface area contributed by atoms with E-state index in [4.69, 9.17) is 4.74 Å². The second-order valence-corrected chi connectivity index (χ2v) is 8.38. The van der Waals surface area contributed by atoms with Gasteiger partial charge >= 0.3 is 0 Å². The van der Waals surface area contributed by atoms with Crippen molar-refractivity contribution < 1.29 is 9.53 Å². The molecule has 2 fully saturated rings. The van der Waals surface area contributed by atoms with Crippen LogP contribution in [0.25, 0.3) is 0 Å². The topological polar surface area (TPSA) is 56.2 Å². The summed E-state index contributed by atoms with van der Waals surface area (Å²) in [5.74, 6) is 0.824. The van der Waals surface area contributed by atoms with Crippen molar-refractivity contribution in [3.05, 3.63) is 18.2 Å². The Morgan fingerprint density at radius 3 is 2.88 bits per heavy atom. The number of nitrogens with zero attached hydrogens (tertiary/aromatic N) is 2. The summed E-state index contributed by atoms with van der Waals surface area (Å²) in [6.07, 6.45) is 10.8. The first kappa shape index (κ1) is 17.5. The van der Waals surface area contributed by atoms with Crippen LogP contribution in [0.1, 0.15) is 58.6 Å². The molecule has 1 amide bonds. The molecule has 1 saturated heterocycles. The first-order chi connectivity index (χ1) is 11.4. The van der Waals surface area contributed by atoms with E-state index in [1.807, 2.05) is 13.3 Å². The van der Waals surface area contributed by atoms with Gasteiger partial charge in [0.2, 0.25) is 5.91 Å². The number of aryl methyl sites for hydroxylation is 1. The van der Waals surface area contributed by atoms with Crippen LogP contribution in [0.2, 0.25) is 0 Å². The van der Waals surface area contributed by atoms with Crippen LogP contribution < -0.4 is 5.32 Å². The van der Waals surface area contributed by atoms with Crippen molar-refractivity contribution in [1.29, 1.82) is 0 Å². The van der Waals surface area contributed by atoms with Gasteiger partial charge in [-0.15, -0.1) is 0 Å². The fraction of sp³-hybridized carbons (Fsp3) is 0.789. The summed E-state index contributed by atoms with van der Waals surface area (Å²) in [6.45, 7) is 8.37. The Morgan fingerprint density at radius 1 is 1.38 bits per heavy atom. The van der Waals surface area contributed by atoms with Crippen molar-refractivity contribution in [2.24, 2.45) is 11.3 Å². The molecule has 3 rings (SSSR count). The molecule has 0 radical (unpaired) electrons. The lowest BCUT2D eigenvalue weighted by Gasteiger charge is -2.34. The smallest absolute Gasteiger partial charge is 0.249 e. The summed E-state index contributed by atoms with van der Waals surface area (Å²) in [4.78, 5) is 16.3. The standard InChI is InChI=1S/C19H31N3O2/c1-14-11-20-18(23)17(24-14)10-16-12-22(13-21-16)9-6-15-4-7-19(2,3)8-5-15/h12-15,17H,4-11H2,1-3H3,(H,20,23)/t14-,17+/m1/s1. The summed E-state index contributed by atoms with van der Waals surface area (Å²) in [6, 6.07) is 0. The summed E-state index contributed by atoms with van der Waals surface area (Å²) in [7, 11) is 0. The van der Waals surface area contributed by atoms with Crippen LogP contribution in [0.3, 0.4) is 0 Å². The number of carbonyl (C=O) groups is 1. The summed E-state index contributed by atoms with van der Waals surface area (Å²) in [5.41, 5.74) is 1.48. The van der Waals surface area contributed by atoms with Crippen LogP contribution in [0.4, 0.5) is 0 Å². The highest BCUT2D eigenvalue weighted by Gasteiger charge is 2.28. The van der Waals surface area contributed by atoms with E-state index in [2.05, 4.69) is 34.9 Å². The summed E-state index contributed by atoms with van der Waals surface area (Å²) < 4.78 is 7.89. The van der Waals surface area contributed by atoms with Crippen LogP contribution in [0.15, 0.2) is 12.5 Å². The van der Waals surface area contributed by atoms with Crippen molar-refractivity contribution in [1.82, 2.24) is 14.9 Å². The minimum atomic E-state index is -0.405. The fourth-order valence-corrected chi connectivity index (χ4v) is 3.79. The van der Waals surface area contributed by atoms with Crippen molar-refractivity contribution in [3.8, 4) is 0 Å². The molecule has 24 heavy (non-hydrogen) atoms. The van der Waals surface area contributed by atoms with Gasteiger partial charge in [-0.2, -0.15) is 0 Å². The van der Waals surface area contributed by atoms with Crippen LogP contribution in [0, 0.1) is 11.3 Å². The van der Waals surface area contributed by atoms with Gasteiger partial charge in [0.15, 0.2) is 0 Å². The lowest BCUT2D eigenvalue weighted by atomic mass is 9.72. The van der Waals surface area contributed by atoms with Gasteiger partial charge in [-0.3, -0.25) is 4.79 Å². The molecule has 1 aromatic heterocycles. The first-order valence-electron chi connectivity index (χ1n) is 9.35. The van der Waals surface area contributed by atoms with Crippen LogP contribution in [-0.2, 0) is 22.5 Å². The second-order valence-electron chi connectivity index (χ2n) is 8.38. The predicted molar refractivity (Wildman–Crippen MR) is 93.6 cm³/mol. The van der Waals surface area contributed by atoms with Crippen molar-refractivity contribution in [3.63, 3.8) is 0 Å². The van der Waals surface area contributed by atoms with Gasteiger partial charge in [0.05, 0.1) is 18.1 Å². The zero-order chi connectivity index (χ0) is 17.2. The van der Waals surface area contributed by atoms with E-state index in [0.29, 0.717) is 18.4 Å². The van der Waals surface area contributed by atoms with E-state index in [0.717, 1.165) is 18.2 Å². The SMILES string of the molecule is C[C@@H]1CNC(=O)[C@H](Cc2cn(CCC3CCC(C)(C)CC3)cn2)O1.